The molecular weight excluding hydrogens is 365 g/mol. The molecule has 3 aromatic carbocycles. The van der Waals surface area contributed by atoms with E-state index < -0.39 is 0 Å². The number of aryl methyl sites for hydroxylation is 3. The predicted octanol–water partition coefficient (Wildman–Crippen LogP) is 4.68. The van der Waals surface area contributed by atoms with Gasteiger partial charge in [0.2, 0.25) is 5.91 Å². The number of benzene rings is 3. The Balaban J connectivity index is 1.39. The number of amides is 1. The SMILES string of the molecule is Cn1c(CCc2cccc(NC(=O)Cc3ccc(F)cc3)c2)nc2ccccc21. The van der Waals surface area contributed by atoms with Crippen molar-refractivity contribution in [3.8, 4) is 0 Å². The number of hydrogen-bond acceptors (Lipinski definition) is 2. The highest BCUT2D eigenvalue weighted by atomic mass is 19.1. The number of carbonyl (C=O) groups is 1. The lowest BCUT2D eigenvalue weighted by Gasteiger charge is -2.08. The molecule has 1 N–H and O–H groups in total. The van der Waals surface area contributed by atoms with Crippen LogP contribution in [0.4, 0.5) is 10.1 Å². The topological polar surface area (TPSA) is 46.9 Å². The highest BCUT2D eigenvalue weighted by Gasteiger charge is 2.08. The fourth-order valence-corrected chi connectivity index (χ4v) is 3.47. The van der Waals surface area contributed by atoms with Crippen molar-refractivity contribution in [1.29, 1.82) is 0 Å². The van der Waals surface area contributed by atoms with Crippen molar-refractivity contribution in [3.05, 3.63) is 95.6 Å². The number of fused-ring (bicyclic) bond motifs is 1. The highest BCUT2D eigenvalue weighted by Crippen LogP contribution is 2.17. The summed E-state index contributed by atoms with van der Waals surface area (Å²) in [5.41, 5.74) is 4.81. The van der Waals surface area contributed by atoms with Crippen molar-refractivity contribution in [3.63, 3.8) is 0 Å². The van der Waals surface area contributed by atoms with Crippen LogP contribution in [0.15, 0.2) is 72.8 Å². The summed E-state index contributed by atoms with van der Waals surface area (Å²) in [5, 5.41) is 2.92. The van der Waals surface area contributed by atoms with Crippen LogP contribution in [-0.2, 0) is 31.1 Å². The van der Waals surface area contributed by atoms with Crippen LogP contribution in [-0.4, -0.2) is 15.5 Å². The zero-order valence-electron chi connectivity index (χ0n) is 16.2. The van der Waals surface area contributed by atoms with E-state index in [4.69, 9.17) is 4.98 Å². The third-order valence-electron chi connectivity index (χ3n) is 5.01. The molecule has 0 saturated heterocycles. The third-order valence-corrected chi connectivity index (χ3v) is 5.01. The molecule has 1 amide bonds. The Morgan fingerprint density at radius 1 is 0.966 bits per heavy atom. The maximum atomic E-state index is 13.0. The van der Waals surface area contributed by atoms with Crippen LogP contribution in [0.5, 0.6) is 0 Å². The molecule has 0 aliphatic rings. The Hall–Kier alpha value is -3.47. The van der Waals surface area contributed by atoms with E-state index in [2.05, 4.69) is 22.0 Å². The number of rotatable bonds is 6. The van der Waals surface area contributed by atoms with Crippen LogP contribution in [0.2, 0.25) is 0 Å². The summed E-state index contributed by atoms with van der Waals surface area (Å²) in [5.74, 6) is 0.614. The molecule has 0 saturated carbocycles. The van der Waals surface area contributed by atoms with Crippen LogP contribution in [0.25, 0.3) is 11.0 Å². The second-order valence-corrected chi connectivity index (χ2v) is 7.13. The minimum Gasteiger partial charge on any atom is -0.331 e. The summed E-state index contributed by atoms with van der Waals surface area (Å²) in [7, 11) is 2.04. The average molecular weight is 387 g/mol. The summed E-state index contributed by atoms with van der Waals surface area (Å²) in [4.78, 5) is 17.0. The number of hydrogen-bond donors (Lipinski definition) is 1. The Kier molecular flexibility index (Phi) is 5.38. The van der Waals surface area contributed by atoms with Gasteiger partial charge in [-0.1, -0.05) is 36.4 Å². The van der Waals surface area contributed by atoms with Crippen molar-refractivity contribution >= 4 is 22.6 Å². The molecule has 0 bridgehead atoms. The quantitative estimate of drug-likeness (QED) is 0.522. The molecule has 0 atom stereocenters. The molecule has 0 spiro atoms. The first-order valence-corrected chi connectivity index (χ1v) is 9.62. The standard InChI is InChI=1S/C24H22FN3O/c1-28-22-8-3-2-7-21(22)27-23(28)14-11-17-5-4-6-20(15-17)26-24(29)16-18-9-12-19(25)13-10-18/h2-10,12-13,15H,11,14,16H2,1H3,(H,26,29). The van der Waals surface area contributed by atoms with Gasteiger partial charge in [0.15, 0.2) is 0 Å². The van der Waals surface area contributed by atoms with E-state index in [1.807, 2.05) is 43.4 Å². The lowest BCUT2D eigenvalue weighted by molar-refractivity contribution is -0.115. The van der Waals surface area contributed by atoms with Gasteiger partial charge in [0.25, 0.3) is 0 Å². The highest BCUT2D eigenvalue weighted by molar-refractivity contribution is 5.92. The van der Waals surface area contributed by atoms with Crippen molar-refractivity contribution < 1.29 is 9.18 Å². The summed E-state index contributed by atoms with van der Waals surface area (Å²) >= 11 is 0. The molecule has 5 heteroatoms. The molecule has 1 heterocycles. The Morgan fingerprint density at radius 2 is 1.76 bits per heavy atom. The van der Waals surface area contributed by atoms with E-state index in [1.165, 1.54) is 12.1 Å². The monoisotopic (exact) mass is 387 g/mol. The van der Waals surface area contributed by atoms with Gasteiger partial charge >= 0.3 is 0 Å². The van der Waals surface area contributed by atoms with Gasteiger partial charge in [-0.3, -0.25) is 4.79 Å². The Bertz CT molecular complexity index is 1150. The number of aromatic nitrogens is 2. The number of carbonyl (C=O) groups excluding carboxylic acids is 1. The van der Waals surface area contributed by atoms with Crippen molar-refractivity contribution in [2.24, 2.45) is 7.05 Å². The van der Waals surface area contributed by atoms with Gasteiger partial charge in [-0.15, -0.1) is 0 Å². The number of nitrogens with one attached hydrogen (secondary N) is 1. The largest absolute Gasteiger partial charge is 0.331 e. The number of para-hydroxylation sites is 2. The first kappa shape index (κ1) is 18.9. The number of nitrogens with zero attached hydrogens (tertiary/aromatic N) is 2. The molecule has 0 fully saturated rings. The molecule has 146 valence electrons. The molecule has 0 radical (unpaired) electrons. The van der Waals surface area contributed by atoms with Crippen LogP contribution in [0, 0.1) is 5.82 Å². The number of anilines is 1. The number of halogens is 1. The van der Waals surface area contributed by atoms with Gasteiger partial charge < -0.3 is 9.88 Å². The van der Waals surface area contributed by atoms with Gasteiger partial charge in [-0.25, -0.2) is 9.37 Å². The second-order valence-electron chi connectivity index (χ2n) is 7.13. The molecule has 0 aliphatic carbocycles. The van der Waals surface area contributed by atoms with Crippen molar-refractivity contribution in [2.45, 2.75) is 19.3 Å². The molecular formula is C24H22FN3O. The summed E-state index contributed by atoms with van der Waals surface area (Å²) < 4.78 is 15.1. The van der Waals surface area contributed by atoms with Crippen molar-refractivity contribution in [2.75, 3.05) is 5.32 Å². The van der Waals surface area contributed by atoms with E-state index in [0.717, 1.165) is 46.5 Å². The van der Waals surface area contributed by atoms with Gasteiger partial charge in [0.1, 0.15) is 11.6 Å². The Labute approximate surface area is 169 Å². The van der Waals surface area contributed by atoms with Gasteiger partial charge in [-0.2, -0.15) is 0 Å². The summed E-state index contributed by atoms with van der Waals surface area (Å²) in [6, 6.07) is 22.0. The molecule has 0 unspecified atom stereocenters. The molecule has 0 aliphatic heterocycles. The minimum atomic E-state index is -0.303. The van der Waals surface area contributed by atoms with E-state index in [9.17, 15) is 9.18 Å². The molecule has 4 aromatic rings. The molecule has 1 aromatic heterocycles. The smallest absolute Gasteiger partial charge is 0.228 e. The van der Waals surface area contributed by atoms with E-state index in [1.54, 1.807) is 12.1 Å². The van der Waals surface area contributed by atoms with E-state index in [-0.39, 0.29) is 18.1 Å². The Morgan fingerprint density at radius 3 is 2.55 bits per heavy atom. The lowest BCUT2D eigenvalue weighted by Crippen LogP contribution is -2.14. The zero-order chi connectivity index (χ0) is 20.2. The van der Waals surface area contributed by atoms with Gasteiger partial charge in [0.05, 0.1) is 17.5 Å². The summed E-state index contributed by atoms with van der Waals surface area (Å²) in [6.45, 7) is 0. The minimum absolute atomic E-state index is 0.121. The van der Waals surface area contributed by atoms with Crippen molar-refractivity contribution in [1.82, 2.24) is 9.55 Å². The normalized spacial score (nSPS) is 11.0. The first-order valence-electron chi connectivity index (χ1n) is 9.62. The van der Waals surface area contributed by atoms with Crippen LogP contribution >= 0.6 is 0 Å². The fourth-order valence-electron chi connectivity index (χ4n) is 3.47. The second kappa shape index (κ2) is 8.27. The third kappa shape index (κ3) is 4.51. The molecule has 4 rings (SSSR count). The van der Waals surface area contributed by atoms with E-state index in [0.29, 0.717) is 0 Å². The summed E-state index contributed by atoms with van der Waals surface area (Å²) in [6.07, 6.45) is 1.86. The van der Waals surface area contributed by atoms with Gasteiger partial charge in [-0.05, 0) is 53.9 Å². The molecule has 4 nitrogen and oxygen atoms in total. The first-order chi connectivity index (χ1) is 14.1. The number of imidazole rings is 1. The zero-order valence-corrected chi connectivity index (χ0v) is 16.2. The van der Waals surface area contributed by atoms with Crippen LogP contribution in [0.1, 0.15) is 17.0 Å². The predicted molar refractivity (Wildman–Crippen MR) is 113 cm³/mol. The average Bonchev–Trinajstić information content (AvgIpc) is 3.04. The van der Waals surface area contributed by atoms with E-state index >= 15 is 0 Å². The fraction of sp³-hybridized carbons (Fsp3) is 0.167. The maximum Gasteiger partial charge on any atom is 0.228 e. The van der Waals surface area contributed by atoms with Crippen LogP contribution < -0.4 is 5.32 Å². The van der Waals surface area contributed by atoms with Crippen LogP contribution in [0.3, 0.4) is 0 Å². The lowest BCUT2D eigenvalue weighted by atomic mass is 10.1. The maximum absolute atomic E-state index is 13.0. The molecule has 29 heavy (non-hydrogen) atoms. The van der Waals surface area contributed by atoms with Gasteiger partial charge in [0, 0.05) is 19.2 Å².